The molecule has 21 heavy (non-hydrogen) atoms. The van der Waals surface area contributed by atoms with Gasteiger partial charge in [0.05, 0.1) is 11.4 Å². The molecular formula is C16H15Cl2NOS. The van der Waals surface area contributed by atoms with Crippen LogP contribution in [-0.2, 0) is 0 Å². The quantitative estimate of drug-likeness (QED) is 0.511. The van der Waals surface area contributed by atoms with E-state index in [0.29, 0.717) is 10.9 Å². The molecule has 2 aromatic rings. The van der Waals surface area contributed by atoms with E-state index < -0.39 is 0 Å². The minimum atomic E-state index is 0.0509. The molecule has 5 heteroatoms. The summed E-state index contributed by atoms with van der Waals surface area (Å²) in [6, 6.07) is 16.0. The summed E-state index contributed by atoms with van der Waals surface area (Å²) in [7, 11) is 0. The molecular weight excluding hydrogens is 325 g/mol. The van der Waals surface area contributed by atoms with Gasteiger partial charge in [-0.25, -0.2) is 0 Å². The molecule has 0 saturated carbocycles. The minimum absolute atomic E-state index is 0.0509. The van der Waals surface area contributed by atoms with Crippen molar-refractivity contribution in [3.63, 3.8) is 0 Å². The van der Waals surface area contributed by atoms with Gasteiger partial charge in [0.2, 0.25) is 0 Å². The molecule has 1 unspecified atom stereocenters. The Balaban J connectivity index is 1.95. The molecule has 0 bridgehead atoms. The van der Waals surface area contributed by atoms with E-state index in [4.69, 9.17) is 27.9 Å². The molecule has 0 aliphatic carbocycles. The van der Waals surface area contributed by atoms with E-state index in [1.54, 1.807) is 11.9 Å². The summed E-state index contributed by atoms with van der Waals surface area (Å²) in [6.45, 7) is 0. The van der Waals surface area contributed by atoms with E-state index >= 15 is 0 Å². The average Bonchev–Trinajstić information content (AvgIpc) is 2.52. The summed E-state index contributed by atoms with van der Waals surface area (Å²) >= 11 is 13.6. The van der Waals surface area contributed by atoms with Crippen LogP contribution in [0.3, 0.4) is 0 Å². The Labute approximate surface area is 139 Å². The first-order chi connectivity index (χ1) is 10.3. The lowest BCUT2D eigenvalue weighted by molar-refractivity contribution is 0.273. The number of benzene rings is 2. The third-order valence-electron chi connectivity index (χ3n) is 3.19. The molecule has 2 nitrogen and oxygen atoms in total. The number of para-hydroxylation sites is 1. The number of fused-ring (bicyclic) bond motifs is 1. The Hall–Kier alpha value is -1.03. The van der Waals surface area contributed by atoms with Crippen molar-refractivity contribution in [2.24, 2.45) is 0 Å². The van der Waals surface area contributed by atoms with Gasteiger partial charge in [-0.2, -0.15) is 0 Å². The zero-order valence-corrected chi connectivity index (χ0v) is 13.7. The zero-order valence-electron chi connectivity index (χ0n) is 11.3. The summed E-state index contributed by atoms with van der Waals surface area (Å²) in [4.78, 5) is 0. The Kier molecular flexibility index (Phi) is 4.84. The molecule has 1 aliphatic heterocycles. The lowest BCUT2D eigenvalue weighted by Gasteiger charge is -2.35. The SMILES string of the molecule is ClCCCC1Oc2cc(Cl)ccc2N(c2ccccc2)S1. The number of alkyl halides is 1. The molecule has 0 fully saturated rings. The first-order valence-electron chi connectivity index (χ1n) is 6.82. The van der Waals surface area contributed by atoms with Crippen molar-refractivity contribution in [3.8, 4) is 5.75 Å². The van der Waals surface area contributed by atoms with Gasteiger partial charge in [-0.3, -0.25) is 4.31 Å². The second kappa shape index (κ2) is 6.82. The summed E-state index contributed by atoms with van der Waals surface area (Å²) in [6.07, 6.45) is 1.83. The molecule has 3 rings (SSSR count). The largest absolute Gasteiger partial charge is 0.476 e. The van der Waals surface area contributed by atoms with E-state index in [-0.39, 0.29) is 5.44 Å². The van der Waals surface area contributed by atoms with E-state index in [0.717, 1.165) is 30.0 Å². The standard InChI is InChI=1S/C16H15Cl2NOS/c17-10-4-7-16-20-15-11-12(18)8-9-14(15)19(21-16)13-5-2-1-3-6-13/h1-3,5-6,8-9,11,16H,4,7,10H2. The Morgan fingerprint density at radius 3 is 2.71 bits per heavy atom. The molecule has 0 radical (unpaired) electrons. The number of hydrogen-bond donors (Lipinski definition) is 0. The van der Waals surface area contributed by atoms with Crippen molar-refractivity contribution >= 4 is 46.5 Å². The van der Waals surface area contributed by atoms with Gasteiger partial charge < -0.3 is 4.74 Å². The molecule has 1 heterocycles. The van der Waals surface area contributed by atoms with Crippen LogP contribution < -0.4 is 9.04 Å². The van der Waals surface area contributed by atoms with Crippen LogP contribution in [0, 0.1) is 0 Å². The minimum Gasteiger partial charge on any atom is -0.476 e. The Morgan fingerprint density at radius 2 is 1.95 bits per heavy atom. The number of halogens is 2. The normalized spacial score (nSPS) is 17.2. The zero-order chi connectivity index (χ0) is 14.7. The summed E-state index contributed by atoms with van der Waals surface area (Å²) in [5.74, 6) is 1.47. The number of rotatable bonds is 4. The number of ether oxygens (including phenoxy) is 1. The van der Waals surface area contributed by atoms with Crippen LogP contribution in [-0.4, -0.2) is 11.3 Å². The third-order valence-corrected chi connectivity index (χ3v) is 4.87. The van der Waals surface area contributed by atoms with E-state index in [9.17, 15) is 0 Å². The summed E-state index contributed by atoms with van der Waals surface area (Å²) < 4.78 is 8.25. The van der Waals surface area contributed by atoms with Gasteiger partial charge in [0.15, 0.2) is 5.44 Å². The fourth-order valence-electron chi connectivity index (χ4n) is 2.21. The van der Waals surface area contributed by atoms with Gasteiger partial charge in [0.25, 0.3) is 0 Å². The lowest BCUT2D eigenvalue weighted by atomic mass is 10.2. The number of nitrogens with zero attached hydrogens (tertiary/aromatic N) is 1. The van der Waals surface area contributed by atoms with Crippen LogP contribution >= 0.6 is 35.1 Å². The predicted molar refractivity (Wildman–Crippen MR) is 92.0 cm³/mol. The van der Waals surface area contributed by atoms with Gasteiger partial charge in [-0.15, -0.1) is 11.6 Å². The maximum Gasteiger partial charge on any atom is 0.163 e. The van der Waals surface area contributed by atoms with E-state index in [1.165, 1.54) is 0 Å². The second-order valence-corrected chi connectivity index (χ2v) is 6.64. The average molecular weight is 340 g/mol. The van der Waals surface area contributed by atoms with Crippen LogP contribution in [0.1, 0.15) is 12.8 Å². The molecule has 0 aromatic heterocycles. The highest BCUT2D eigenvalue weighted by molar-refractivity contribution is 8.01. The van der Waals surface area contributed by atoms with Crippen molar-refractivity contribution in [2.75, 3.05) is 10.2 Å². The van der Waals surface area contributed by atoms with Crippen LogP contribution in [0.2, 0.25) is 5.02 Å². The van der Waals surface area contributed by atoms with Crippen molar-refractivity contribution in [3.05, 3.63) is 53.6 Å². The molecule has 1 aliphatic rings. The van der Waals surface area contributed by atoms with Crippen LogP contribution in [0.5, 0.6) is 5.75 Å². The van der Waals surface area contributed by atoms with Gasteiger partial charge in [0, 0.05) is 28.9 Å². The Bertz CT molecular complexity index is 608. The van der Waals surface area contributed by atoms with Crippen LogP contribution in [0.15, 0.2) is 48.5 Å². The lowest BCUT2D eigenvalue weighted by Crippen LogP contribution is -2.25. The first-order valence-corrected chi connectivity index (χ1v) is 8.57. The summed E-state index contributed by atoms with van der Waals surface area (Å²) in [5, 5.41) is 0.685. The smallest absolute Gasteiger partial charge is 0.163 e. The molecule has 110 valence electrons. The number of anilines is 2. The molecule has 0 spiro atoms. The highest BCUT2D eigenvalue weighted by Gasteiger charge is 2.27. The van der Waals surface area contributed by atoms with Crippen LogP contribution in [0.4, 0.5) is 11.4 Å². The molecule has 2 aromatic carbocycles. The predicted octanol–water partition coefficient (Wildman–Crippen LogP) is 5.86. The van der Waals surface area contributed by atoms with Gasteiger partial charge in [0.1, 0.15) is 5.75 Å². The number of hydrogen-bond acceptors (Lipinski definition) is 3. The van der Waals surface area contributed by atoms with Gasteiger partial charge >= 0.3 is 0 Å². The van der Waals surface area contributed by atoms with Crippen molar-refractivity contribution in [1.82, 2.24) is 0 Å². The maximum atomic E-state index is 6.10. The third kappa shape index (κ3) is 3.42. The van der Waals surface area contributed by atoms with E-state index in [2.05, 4.69) is 16.4 Å². The molecule has 0 saturated heterocycles. The van der Waals surface area contributed by atoms with Crippen molar-refractivity contribution in [2.45, 2.75) is 18.3 Å². The van der Waals surface area contributed by atoms with Gasteiger partial charge in [-0.05, 0) is 37.1 Å². The maximum absolute atomic E-state index is 6.10. The fourth-order valence-corrected chi connectivity index (χ4v) is 3.68. The highest BCUT2D eigenvalue weighted by atomic mass is 35.5. The van der Waals surface area contributed by atoms with Gasteiger partial charge in [-0.1, -0.05) is 29.8 Å². The fraction of sp³-hybridized carbons (Fsp3) is 0.250. The van der Waals surface area contributed by atoms with E-state index in [1.807, 2.05) is 36.4 Å². The summed E-state index contributed by atoms with van der Waals surface area (Å²) in [5.41, 5.74) is 2.21. The Morgan fingerprint density at radius 1 is 1.14 bits per heavy atom. The highest BCUT2D eigenvalue weighted by Crippen LogP contribution is 2.47. The molecule has 1 atom stereocenters. The monoisotopic (exact) mass is 339 g/mol. The van der Waals surface area contributed by atoms with Crippen molar-refractivity contribution in [1.29, 1.82) is 0 Å². The second-order valence-electron chi connectivity index (χ2n) is 4.73. The first kappa shape index (κ1) is 14.9. The van der Waals surface area contributed by atoms with Crippen LogP contribution in [0.25, 0.3) is 0 Å². The molecule has 0 amide bonds. The van der Waals surface area contributed by atoms with Crippen molar-refractivity contribution < 1.29 is 4.74 Å². The molecule has 0 N–H and O–H groups in total. The topological polar surface area (TPSA) is 12.5 Å².